The monoisotopic (exact) mass is 440 g/mol. The highest BCUT2D eigenvalue weighted by Crippen LogP contribution is 2.44. The van der Waals surface area contributed by atoms with Gasteiger partial charge in [0, 0.05) is 25.5 Å². The van der Waals surface area contributed by atoms with E-state index in [0.29, 0.717) is 0 Å². The molecule has 32 heavy (non-hydrogen) atoms. The lowest BCUT2D eigenvalue weighted by Crippen LogP contribution is -2.56. The van der Waals surface area contributed by atoms with Crippen LogP contribution < -0.4 is 10.6 Å². The molecule has 1 unspecified atom stereocenters. The lowest BCUT2D eigenvalue weighted by Gasteiger charge is -2.26. The number of hydrogen-bond acceptors (Lipinski definition) is 5. The minimum absolute atomic E-state index is 0.0583. The van der Waals surface area contributed by atoms with Crippen LogP contribution in [0.25, 0.3) is 11.1 Å². The van der Waals surface area contributed by atoms with Gasteiger partial charge in [0.25, 0.3) is 0 Å². The van der Waals surface area contributed by atoms with Crippen molar-refractivity contribution in [3.63, 3.8) is 0 Å². The van der Waals surface area contributed by atoms with Crippen molar-refractivity contribution in [1.82, 2.24) is 10.6 Å². The topological polar surface area (TPSA) is 114 Å². The molecule has 0 radical (unpaired) electrons. The van der Waals surface area contributed by atoms with Crippen LogP contribution in [0.3, 0.4) is 0 Å². The number of nitrogens with one attached hydrogen (secondary N) is 2. The molecule has 0 aromatic heterocycles. The van der Waals surface area contributed by atoms with Crippen LogP contribution in [0.2, 0.25) is 0 Å². The number of alkyl carbamates (subject to hydrolysis) is 1. The lowest BCUT2D eigenvalue weighted by molar-refractivity contribution is -0.149. The van der Waals surface area contributed by atoms with Gasteiger partial charge < -0.3 is 25.2 Å². The Hall–Kier alpha value is -3.39. The van der Waals surface area contributed by atoms with Crippen LogP contribution in [0.5, 0.6) is 0 Å². The van der Waals surface area contributed by atoms with Crippen molar-refractivity contribution in [2.45, 2.75) is 37.8 Å². The number of amides is 2. The molecule has 8 nitrogen and oxygen atoms in total. The highest BCUT2D eigenvalue weighted by molar-refractivity contribution is 5.87. The predicted molar refractivity (Wildman–Crippen MR) is 118 cm³/mol. The van der Waals surface area contributed by atoms with Gasteiger partial charge in [-0.15, -0.1) is 0 Å². The van der Waals surface area contributed by atoms with Crippen LogP contribution in [-0.2, 0) is 19.1 Å². The average molecular weight is 440 g/mol. The van der Waals surface area contributed by atoms with E-state index in [1.807, 2.05) is 36.4 Å². The van der Waals surface area contributed by atoms with Crippen LogP contribution in [0, 0.1) is 0 Å². The second-order valence-electron chi connectivity index (χ2n) is 8.19. The summed E-state index contributed by atoms with van der Waals surface area (Å²) in [7, 11) is 1.36. The zero-order valence-corrected chi connectivity index (χ0v) is 18.4. The van der Waals surface area contributed by atoms with Gasteiger partial charge in [-0.1, -0.05) is 48.5 Å². The Morgan fingerprint density at radius 1 is 1.06 bits per heavy atom. The van der Waals surface area contributed by atoms with Crippen LogP contribution in [-0.4, -0.2) is 55.0 Å². The van der Waals surface area contributed by atoms with Gasteiger partial charge in [-0.25, -0.2) is 9.59 Å². The number of rotatable bonds is 9. The van der Waals surface area contributed by atoms with Gasteiger partial charge in [-0.05, 0) is 36.1 Å². The fourth-order valence-corrected chi connectivity index (χ4v) is 3.97. The van der Waals surface area contributed by atoms with E-state index in [4.69, 9.17) is 9.47 Å². The number of hydrogen-bond donors (Lipinski definition) is 3. The van der Waals surface area contributed by atoms with E-state index in [1.54, 1.807) is 6.92 Å². The molecule has 0 spiro atoms. The second kappa shape index (κ2) is 9.82. The molecule has 3 rings (SSSR count). The molecule has 0 aliphatic heterocycles. The molecule has 2 aromatic carbocycles. The van der Waals surface area contributed by atoms with E-state index in [2.05, 4.69) is 22.8 Å². The van der Waals surface area contributed by atoms with E-state index < -0.39 is 29.6 Å². The molecule has 0 bridgehead atoms. The maximum Gasteiger partial charge on any atom is 0.407 e. The Bertz CT molecular complexity index is 962. The maximum atomic E-state index is 12.3. The standard InChI is InChI=1S/C24H28N2O6/c1-15(12-21(27)26-24(2,14-31-3)22(28)29)25-23(30)32-13-20-18-10-6-4-8-16(18)17-9-5-7-11-19(17)20/h4-11,15,20H,12-14H2,1-3H3,(H,25,30)(H,26,27)(H,28,29)/t15-,24?/m1/s1. The van der Waals surface area contributed by atoms with Crippen molar-refractivity contribution in [2.75, 3.05) is 20.3 Å². The van der Waals surface area contributed by atoms with Crippen LogP contribution in [0.4, 0.5) is 4.79 Å². The van der Waals surface area contributed by atoms with Crippen molar-refractivity contribution in [1.29, 1.82) is 0 Å². The number of carboxylic acids is 1. The van der Waals surface area contributed by atoms with Gasteiger partial charge in [0.2, 0.25) is 5.91 Å². The Kier molecular flexibility index (Phi) is 7.15. The van der Waals surface area contributed by atoms with Crippen LogP contribution >= 0.6 is 0 Å². The largest absolute Gasteiger partial charge is 0.479 e. The zero-order chi connectivity index (χ0) is 23.3. The smallest absolute Gasteiger partial charge is 0.407 e. The molecule has 2 amide bonds. The molecule has 170 valence electrons. The molecule has 1 aliphatic carbocycles. The third-order valence-electron chi connectivity index (χ3n) is 5.52. The molecule has 2 aromatic rings. The summed E-state index contributed by atoms with van der Waals surface area (Å²) in [5.74, 6) is -1.78. The minimum Gasteiger partial charge on any atom is -0.479 e. The summed E-state index contributed by atoms with van der Waals surface area (Å²) >= 11 is 0. The summed E-state index contributed by atoms with van der Waals surface area (Å²) in [5, 5.41) is 14.4. The molecule has 1 aliphatic rings. The second-order valence-corrected chi connectivity index (χ2v) is 8.19. The van der Waals surface area contributed by atoms with E-state index in [1.165, 1.54) is 14.0 Å². The number of aliphatic carboxylic acids is 1. The first-order valence-electron chi connectivity index (χ1n) is 10.4. The molecule has 0 heterocycles. The van der Waals surface area contributed by atoms with Gasteiger partial charge in [0.1, 0.15) is 6.61 Å². The predicted octanol–water partition coefficient (Wildman–Crippen LogP) is 2.91. The summed E-state index contributed by atoms with van der Waals surface area (Å²) in [6, 6.07) is 15.5. The molecule has 8 heteroatoms. The van der Waals surface area contributed by atoms with Crippen LogP contribution in [0.15, 0.2) is 48.5 Å². The van der Waals surface area contributed by atoms with Crippen molar-refractivity contribution in [2.24, 2.45) is 0 Å². The van der Waals surface area contributed by atoms with E-state index >= 15 is 0 Å². The van der Waals surface area contributed by atoms with E-state index in [0.717, 1.165) is 22.3 Å². The Balaban J connectivity index is 1.54. The fourth-order valence-electron chi connectivity index (χ4n) is 3.97. The van der Waals surface area contributed by atoms with Gasteiger partial charge in [-0.2, -0.15) is 0 Å². The summed E-state index contributed by atoms with van der Waals surface area (Å²) in [6.45, 7) is 3.00. The van der Waals surface area contributed by atoms with Gasteiger partial charge in [0.15, 0.2) is 5.54 Å². The number of fused-ring (bicyclic) bond motifs is 3. The van der Waals surface area contributed by atoms with Gasteiger partial charge in [0.05, 0.1) is 6.61 Å². The molecule has 0 saturated carbocycles. The summed E-state index contributed by atoms with van der Waals surface area (Å²) in [5.41, 5.74) is 2.95. The average Bonchev–Trinajstić information content (AvgIpc) is 3.06. The fraction of sp³-hybridized carbons (Fsp3) is 0.375. The minimum atomic E-state index is -1.55. The Labute approximate surface area is 186 Å². The normalized spacial score (nSPS) is 15.1. The maximum absolute atomic E-state index is 12.3. The number of ether oxygens (including phenoxy) is 2. The molecular weight excluding hydrogens is 412 g/mol. The third-order valence-corrected chi connectivity index (χ3v) is 5.52. The number of carbonyl (C=O) groups is 3. The number of methoxy groups -OCH3 is 1. The highest BCUT2D eigenvalue weighted by Gasteiger charge is 2.35. The quantitative estimate of drug-likeness (QED) is 0.553. The molecule has 0 saturated heterocycles. The lowest BCUT2D eigenvalue weighted by atomic mass is 9.98. The first kappa shape index (κ1) is 23.3. The van der Waals surface area contributed by atoms with E-state index in [9.17, 15) is 19.5 Å². The van der Waals surface area contributed by atoms with Gasteiger partial charge in [-0.3, -0.25) is 4.79 Å². The van der Waals surface area contributed by atoms with E-state index in [-0.39, 0.29) is 25.6 Å². The SMILES string of the molecule is COCC(C)(NC(=O)C[C@@H](C)NC(=O)OCC1c2ccccc2-c2ccccc21)C(=O)O. The highest BCUT2D eigenvalue weighted by atomic mass is 16.5. The molecule has 0 fully saturated rings. The summed E-state index contributed by atoms with van der Waals surface area (Å²) < 4.78 is 10.4. The zero-order valence-electron chi connectivity index (χ0n) is 18.4. The molecular formula is C24H28N2O6. The van der Waals surface area contributed by atoms with Crippen molar-refractivity contribution < 1.29 is 29.0 Å². The molecule has 3 N–H and O–H groups in total. The summed E-state index contributed by atoms with van der Waals surface area (Å²) in [4.78, 5) is 36.0. The van der Waals surface area contributed by atoms with Crippen molar-refractivity contribution in [3.05, 3.63) is 59.7 Å². The Morgan fingerprint density at radius 2 is 1.62 bits per heavy atom. The van der Waals surface area contributed by atoms with Crippen LogP contribution in [0.1, 0.15) is 37.3 Å². The number of carboxylic acid groups (broad SMARTS) is 1. The number of carbonyl (C=O) groups excluding carboxylic acids is 2. The molecule has 2 atom stereocenters. The van der Waals surface area contributed by atoms with Crippen molar-refractivity contribution >= 4 is 18.0 Å². The third kappa shape index (κ3) is 5.08. The van der Waals surface area contributed by atoms with Crippen molar-refractivity contribution in [3.8, 4) is 11.1 Å². The Morgan fingerprint density at radius 3 is 2.16 bits per heavy atom. The number of benzene rings is 2. The first-order valence-corrected chi connectivity index (χ1v) is 10.4. The summed E-state index contributed by atoms with van der Waals surface area (Å²) in [6.07, 6.45) is -0.735. The first-order chi connectivity index (χ1) is 15.2. The van der Waals surface area contributed by atoms with Gasteiger partial charge >= 0.3 is 12.1 Å².